The third-order valence-corrected chi connectivity index (χ3v) is 5.98. The van der Waals surface area contributed by atoms with Gasteiger partial charge in [0, 0.05) is 34.7 Å². The molecular formula is C20H26N2OS. The van der Waals surface area contributed by atoms with E-state index in [1.54, 1.807) is 11.3 Å². The van der Waals surface area contributed by atoms with Gasteiger partial charge in [-0.15, -0.1) is 11.3 Å². The number of aryl methyl sites for hydroxylation is 2. The Labute approximate surface area is 148 Å². The second-order valence-electron chi connectivity index (χ2n) is 6.38. The monoisotopic (exact) mass is 342 g/mol. The predicted molar refractivity (Wildman–Crippen MR) is 104 cm³/mol. The summed E-state index contributed by atoms with van der Waals surface area (Å²) in [6.07, 6.45) is 4.62. The van der Waals surface area contributed by atoms with Gasteiger partial charge >= 0.3 is 0 Å². The second-order valence-corrected chi connectivity index (χ2v) is 7.35. The van der Waals surface area contributed by atoms with Crippen molar-refractivity contribution in [1.29, 1.82) is 0 Å². The van der Waals surface area contributed by atoms with E-state index in [4.69, 9.17) is 0 Å². The predicted octanol–water partition coefficient (Wildman–Crippen LogP) is 5.03. The molecule has 2 aromatic rings. The van der Waals surface area contributed by atoms with Gasteiger partial charge in [-0.3, -0.25) is 4.79 Å². The quantitative estimate of drug-likeness (QED) is 0.826. The molecular weight excluding hydrogens is 316 g/mol. The molecule has 0 atom stereocenters. The minimum absolute atomic E-state index is 0.0353. The third kappa shape index (κ3) is 3.34. The zero-order valence-corrected chi connectivity index (χ0v) is 15.6. The van der Waals surface area contributed by atoms with Crippen LogP contribution in [0.25, 0.3) is 0 Å². The zero-order valence-electron chi connectivity index (χ0n) is 14.8. The van der Waals surface area contributed by atoms with E-state index in [-0.39, 0.29) is 5.91 Å². The first kappa shape index (κ1) is 17.0. The number of benzene rings is 1. The molecule has 0 radical (unpaired) electrons. The topological polar surface area (TPSA) is 32.3 Å². The lowest BCUT2D eigenvalue weighted by Crippen LogP contribution is -2.22. The van der Waals surface area contributed by atoms with Crippen molar-refractivity contribution < 1.29 is 4.79 Å². The number of fused-ring (bicyclic) bond motifs is 1. The number of hydrogen-bond donors (Lipinski definition) is 1. The highest BCUT2D eigenvalue weighted by molar-refractivity contribution is 7.10. The Morgan fingerprint density at radius 1 is 1.21 bits per heavy atom. The van der Waals surface area contributed by atoms with Gasteiger partial charge in [0.15, 0.2) is 0 Å². The smallest absolute Gasteiger partial charge is 0.256 e. The second kappa shape index (κ2) is 7.39. The van der Waals surface area contributed by atoms with E-state index < -0.39 is 0 Å². The Kier molecular flexibility index (Phi) is 5.24. The number of thiophene rings is 1. The lowest BCUT2D eigenvalue weighted by Gasteiger charge is -2.22. The Morgan fingerprint density at radius 2 is 1.96 bits per heavy atom. The zero-order chi connectivity index (χ0) is 17.1. The lowest BCUT2D eigenvalue weighted by atomic mass is 9.95. The summed E-state index contributed by atoms with van der Waals surface area (Å²) in [6.45, 7) is 8.36. The molecule has 128 valence electrons. The number of carbonyl (C=O) groups is 1. The molecule has 0 bridgehead atoms. The summed E-state index contributed by atoms with van der Waals surface area (Å²) in [5.41, 5.74) is 5.38. The maximum Gasteiger partial charge on any atom is 0.256 e. The highest BCUT2D eigenvalue weighted by atomic mass is 32.1. The van der Waals surface area contributed by atoms with Crippen molar-refractivity contribution in [2.45, 2.75) is 46.5 Å². The van der Waals surface area contributed by atoms with Crippen LogP contribution in [0.2, 0.25) is 0 Å². The highest BCUT2D eigenvalue weighted by Gasteiger charge is 2.20. The fraction of sp³-hybridized carbons (Fsp3) is 0.450. The Bertz CT molecular complexity index is 731. The first-order valence-electron chi connectivity index (χ1n) is 8.90. The van der Waals surface area contributed by atoms with Crippen LogP contribution in [0.4, 0.5) is 11.4 Å². The third-order valence-electron chi connectivity index (χ3n) is 4.89. The van der Waals surface area contributed by atoms with E-state index in [1.165, 1.54) is 29.0 Å². The van der Waals surface area contributed by atoms with Crippen molar-refractivity contribution >= 4 is 28.6 Å². The van der Waals surface area contributed by atoms with Crippen molar-refractivity contribution in [3.05, 3.63) is 45.1 Å². The summed E-state index contributed by atoms with van der Waals surface area (Å²) < 4.78 is 0. The van der Waals surface area contributed by atoms with E-state index >= 15 is 0 Å². The van der Waals surface area contributed by atoms with Gasteiger partial charge in [0.2, 0.25) is 0 Å². The fourth-order valence-electron chi connectivity index (χ4n) is 3.45. The molecule has 1 aliphatic carbocycles. The van der Waals surface area contributed by atoms with Crippen LogP contribution < -0.4 is 10.2 Å². The molecule has 0 spiro atoms. The van der Waals surface area contributed by atoms with E-state index in [0.717, 1.165) is 42.7 Å². The first-order chi connectivity index (χ1) is 11.6. The largest absolute Gasteiger partial charge is 0.372 e. The first-order valence-corrected chi connectivity index (χ1v) is 9.78. The van der Waals surface area contributed by atoms with Gasteiger partial charge in [0.25, 0.3) is 5.91 Å². The van der Waals surface area contributed by atoms with Crippen molar-refractivity contribution in [3.8, 4) is 0 Å². The number of nitrogens with zero attached hydrogens (tertiary/aromatic N) is 1. The van der Waals surface area contributed by atoms with Crippen molar-refractivity contribution in [2.75, 3.05) is 23.3 Å². The van der Waals surface area contributed by atoms with E-state index in [9.17, 15) is 4.79 Å². The van der Waals surface area contributed by atoms with Crippen LogP contribution in [0, 0.1) is 6.92 Å². The number of nitrogens with one attached hydrogen (secondary N) is 1. The van der Waals surface area contributed by atoms with Crippen molar-refractivity contribution in [2.24, 2.45) is 0 Å². The van der Waals surface area contributed by atoms with Crippen LogP contribution in [0.15, 0.2) is 23.6 Å². The van der Waals surface area contributed by atoms with Crippen LogP contribution in [-0.2, 0) is 12.8 Å². The summed E-state index contributed by atoms with van der Waals surface area (Å²) in [5.74, 6) is 0.0353. The van der Waals surface area contributed by atoms with Gasteiger partial charge in [0.1, 0.15) is 0 Å². The SMILES string of the molecule is CCN(CC)c1ccc(NC(=O)c2csc3c2CCCC3)c(C)c1. The fourth-order valence-corrected chi connectivity index (χ4v) is 4.57. The molecule has 3 nitrogen and oxygen atoms in total. The van der Waals surface area contributed by atoms with Crippen molar-refractivity contribution in [3.63, 3.8) is 0 Å². The molecule has 1 N–H and O–H groups in total. The minimum Gasteiger partial charge on any atom is -0.372 e. The molecule has 3 rings (SSSR count). The molecule has 1 amide bonds. The minimum atomic E-state index is 0.0353. The van der Waals surface area contributed by atoms with Crippen LogP contribution in [0.1, 0.15) is 53.1 Å². The number of hydrogen-bond acceptors (Lipinski definition) is 3. The van der Waals surface area contributed by atoms with Crippen molar-refractivity contribution in [1.82, 2.24) is 0 Å². The van der Waals surface area contributed by atoms with Gasteiger partial charge < -0.3 is 10.2 Å². The van der Waals surface area contributed by atoms with Gasteiger partial charge in [0.05, 0.1) is 5.56 Å². The Balaban J connectivity index is 1.78. The molecule has 1 aromatic carbocycles. The molecule has 0 saturated carbocycles. The number of rotatable bonds is 5. The Morgan fingerprint density at radius 3 is 2.67 bits per heavy atom. The van der Waals surface area contributed by atoms with Gasteiger partial charge in [-0.2, -0.15) is 0 Å². The summed E-state index contributed by atoms with van der Waals surface area (Å²) in [7, 11) is 0. The molecule has 0 fully saturated rings. The van der Waals surface area contributed by atoms with E-state index in [2.05, 4.69) is 43.1 Å². The summed E-state index contributed by atoms with van der Waals surface area (Å²) >= 11 is 1.74. The number of amides is 1. The normalized spacial score (nSPS) is 13.5. The average molecular weight is 343 g/mol. The van der Waals surface area contributed by atoms with E-state index in [0.29, 0.717) is 0 Å². The van der Waals surface area contributed by atoms with Crippen LogP contribution >= 0.6 is 11.3 Å². The summed E-state index contributed by atoms with van der Waals surface area (Å²) in [5, 5.41) is 5.15. The summed E-state index contributed by atoms with van der Waals surface area (Å²) in [6, 6.07) is 6.28. The molecule has 1 aromatic heterocycles. The average Bonchev–Trinajstić information content (AvgIpc) is 3.02. The molecule has 1 heterocycles. The highest BCUT2D eigenvalue weighted by Crippen LogP contribution is 2.31. The molecule has 0 unspecified atom stereocenters. The Hall–Kier alpha value is -1.81. The molecule has 0 aliphatic heterocycles. The van der Waals surface area contributed by atoms with E-state index in [1.807, 2.05) is 11.4 Å². The lowest BCUT2D eigenvalue weighted by molar-refractivity contribution is 0.102. The van der Waals surface area contributed by atoms with Gasteiger partial charge in [-0.05, 0) is 75.8 Å². The summed E-state index contributed by atoms with van der Waals surface area (Å²) in [4.78, 5) is 16.4. The van der Waals surface area contributed by atoms with Gasteiger partial charge in [-0.25, -0.2) is 0 Å². The molecule has 4 heteroatoms. The molecule has 1 aliphatic rings. The van der Waals surface area contributed by atoms with Crippen LogP contribution in [-0.4, -0.2) is 19.0 Å². The van der Waals surface area contributed by atoms with Crippen LogP contribution in [0.3, 0.4) is 0 Å². The number of anilines is 2. The van der Waals surface area contributed by atoms with Crippen LogP contribution in [0.5, 0.6) is 0 Å². The maximum absolute atomic E-state index is 12.7. The van der Waals surface area contributed by atoms with Gasteiger partial charge in [-0.1, -0.05) is 0 Å². The molecule has 0 saturated heterocycles. The number of carbonyl (C=O) groups excluding carboxylic acids is 1. The maximum atomic E-state index is 12.7. The standard InChI is InChI=1S/C20H26N2OS/c1-4-22(5-2)15-10-11-18(14(3)12-15)21-20(23)17-13-24-19-9-7-6-8-16(17)19/h10-13H,4-9H2,1-3H3,(H,21,23). The molecule has 24 heavy (non-hydrogen) atoms.